The van der Waals surface area contributed by atoms with Gasteiger partial charge in [-0.3, -0.25) is 43.1 Å². The molecule has 12 aromatic heterocycles. The Labute approximate surface area is 674 Å². The third-order valence-corrected chi connectivity index (χ3v) is 21.5. The number of aryl methyl sites for hydroxylation is 7. The summed E-state index contributed by atoms with van der Waals surface area (Å²) in [6.07, 6.45) is 24.9. The Bertz CT molecular complexity index is 5380. The third-order valence-electron chi connectivity index (χ3n) is 21.5. The van der Waals surface area contributed by atoms with Crippen LogP contribution in [0.3, 0.4) is 0 Å². The molecule has 3 amide bonds. The van der Waals surface area contributed by atoms with Crippen molar-refractivity contribution in [3.63, 3.8) is 0 Å². The number of nitrogens with zero attached hydrogens (tertiary/aromatic N) is 21. The van der Waals surface area contributed by atoms with Crippen molar-refractivity contribution in [1.82, 2.24) is 119 Å². The van der Waals surface area contributed by atoms with E-state index in [2.05, 4.69) is 170 Å². The molecule has 0 bridgehead atoms. The van der Waals surface area contributed by atoms with Crippen LogP contribution in [0.2, 0.25) is 0 Å². The highest BCUT2D eigenvalue weighted by Gasteiger charge is 2.32. The van der Waals surface area contributed by atoms with E-state index in [1.54, 1.807) is 52.1 Å². The molecule has 9 N–H and O–H groups in total. The van der Waals surface area contributed by atoms with Crippen LogP contribution in [-0.2, 0) is 41.4 Å². The summed E-state index contributed by atoms with van der Waals surface area (Å²) in [4.78, 5) is 105. The smallest absolute Gasteiger partial charge is 0.256 e. The average molecular weight is 1580 g/mol. The standard InChI is InChI=1S/2C27H36N10O2.C27H36N10O/c1-6-21(36-12-10-35(4)11-13-36)25(38)33-24-23-18(8-9-28-24)19(15-29-23)22-17(3)14-30-27(32-22)31-20-16-37(7-2)34-26(20)39-5;1-6-21(37-12-10-35(4)11-13-37)25(38)33-24-23-18(8-9-28-24)19(15-29-23)22-17(3)14-30-27(32-22)31-20-16-36(5)34-26(20)39-7-2;1-6-20-21(16-36(5)34-20)31-27-30-14-17(3)23(32-27)19-15-29-24-18(19)8-9-28-25(24)33-26(38)22(7-2)37-12-10-35(4)11-13-37/h2*8-9,14-16,21,29H,6-7,10-13H2,1-5H3,(H,28,33,38)(H,30,31,32);8-9,14-16,22,29H,6-7,10-13H2,1-5H3,(H,28,33,38)(H,30,31,32). The van der Waals surface area contributed by atoms with Gasteiger partial charge in [0.25, 0.3) is 11.8 Å². The third kappa shape index (κ3) is 18.6. The normalized spacial score (nSPS) is 15.5. The van der Waals surface area contributed by atoms with Crippen molar-refractivity contribution < 1.29 is 23.9 Å². The number of carbonyl (C=O) groups excluding carboxylic acids is 3. The molecule has 3 saturated heterocycles. The Balaban J connectivity index is 0.000000151. The minimum absolute atomic E-state index is 0.0268. The molecule has 3 aliphatic rings. The summed E-state index contributed by atoms with van der Waals surface area (Å²) in [6.45, 7) is 30.3. The van der Waals surface area contributed by atoms with E-state index in [0.717, 1.165) is 199 Å². The van der Waals surface area contributed by atoms with Gasteiger partial charge < -0.3 is 71.0 Å². The number of likely N-dealkylation sites (N-methyl/N-ethyl adjacent to an activating group) is 3. The predicted octanol–water partition coefficient (Wildman–Crippen LogP) is 9.76. The van der Waals surface area contributed by atoms with Crippen molar-refractivity contribution in [1.29, 1.82) is 0 Å². The van der Waals surface area contributed by atoms with E-state index in [1.807, 2.05) is 110 Å². The number of carbonyl (C=O) groups is 3. The summed E-state index contributed by atoms with van der Waals surface area (Å²) in [5.41, 5.74) is 13.4. The summed E-state index contributed by atoms with van der Waals surface area (Å²) >= 11 is 0. The lowest BCUT2D eigenvalue weighted by molar-refractivity contribution is -0.122. The Morgan fingerprint density at radius 1 is 0.448 bits per heavy atom. The maximum absolute atomic E-state index is 13.3. The van der Waals surface area contributed by atoms with Gasteiger partial charge in [-0.2, -0.15) is 5.10 Å². The molecule has 35 nitrogen and oxygen atoms in total. The van der Waals surface area contributed by atoms with Crippen LogP contribution in [0.25, 0.3) is 66.5 Å². The van der Waals surface area contributed by atoms with Gasteiger partial charge in [0.05, 0.1) is 89.2 Å². The molecule has 15 heterocycles. The van der Waals surface area contributed by atoms with Gasteiger partial charge in [0, 0.05) is 194 Å². The number of anilines is 9. The van der Waals surface area contributed by atoms with Crippen molar-refractivity contribution >= 4 is 103 Å². The van der Waals surface area contributed by atoms with Crippen molar-refractivity contribution in [3.05, 3.63) is 115 Å². The Morgan fingerprint density at radius 3 is 1.15 bits per heavy atom. The molecule has 612 valence electrons. The SMILES string of the molecule is CCC(C(=O)Nc1nccc2c(-c3nc(Nc4cn(CC)nc4OC)ncc3C)c[nH]c12)N1CCN(C)CC1.CCOc1nn(C)cc1Nc1ncc(C)c(-c2c[nH]c3c(NC(=O)C(CC)N4CCN(C)CC4)nccc23)n1.CCc1nn(C)cc1Nc1ncc(C)c(-c2c[nH]c3c(NC(=O)C(CC)N4CCN(C)CC4)nccc23)n1. The fraction of sp³-hybridized carbons (Fsp3) is 0.444. The van der Waals surface area contributed by atoms with E-state index in [-0.39, 0.29) is 35.8 Å². The van der Waals surface area contributed by atoms with Gasteiger partial charge in [-0.15, -0.1) is 10.2 Å². The largest absolute Gasteiger partial charge is 0.478 e. The number of amides is 3. The lowest BCUT2D eigenvalue weighted by atomic mass is 10.1. The van der Waals surface area contributed by atoms with Crippen LogP contribution in [0.1, 0.15) is 83.2 Å². The van der Waals surface area contributed by atoms with Gasteiger partial charge in [0.1, 0.15) is 11.4 Å². The zero-order valence-corrected chi connectivity index (χ0v) is 69.1. The number of hydrogen-bond donors (Lipinski definition) is 9. The van der Waals surface area contributed by atoms with Crippen LogP contribution in [-0.4, -0.2) is 268 Å². The Morgan fingerprint density at radius 2 is 0.802 bits per heavy atom. The first kappa shape index (κ1) is 82.1. The molecular weight excluding hydrogens is 1470 g/mol. The molecule has 3 atom stereocenters. The molecule has 3 fully saturated rings. The number of piperazine rings is 3. The second kappa shape index (κ2) is 37.2. The Kier molecular flexibility index (Phi) is 26.3. The maximum Gasteiger partial charge on any atom is 0.256 e. The van der Waals surface area contributed by atoms with Crippen LogP contribution in [0.4, 0.5) is 52.4 Å². The molecule has 0 aliphatic carbocycles. The molecule has 116 heavy (non-hydrogen) atoms. The van der Waals surface area contributed by atoms with Crippen LogP contribution in [0.15, 0.2) is 92.6 Å². The number of nitrogens with one attached hydrogen (secondary N) is 9. The van der Waals surface area contributed by atoms with Gasteiger partial charge in [-0.1, -0.05) is 27.7 Å². The number of fused-ring (bicyclic) bond motifs is 3. The average Bonchev–Trinajstić information content (AvgIpc) is 1.63. The first-order chi connectivity index (χ1) is 56.2. The van der Waals surface area contributed by atoms with E-state index >= 15 is 0 Å². The molecule has 35 heteroatoms. The minimum Gasteiger partial charge on any atom is -0.478 e. The minimum atomic E-state index is -0.197. The van der Waals surface area contributed by atoms with Gasteiger partial charge in [-0.05, 0) is 116 Å². The molecule has 0 spiro atoms. The van der Waals surface area contributed by atoms with Gasteiger partial charge in [0.15, 0.2) is 17.5 Å². The van der Waals surface area contributed by atoms with Crippen molar-refractivity contribution in [3.8, 4) is 45.5 Å². The molecule has 3 unspecified atom stereocenters. The van der Waals surface area contributed by atoms with Crippen LogP contribution in [0, 0.1) is 20.8 Å². The van der Waals surface area contributed by atoms with E-state index < -0.39 is 0 Å². The molecular formula is C81H108N30O5. The van der Waals surface area contributed by atoms with E-state index in [1.165, 1.54) is 0 Å². The number of pyridine rings is 3. The molecule has 0 radical (unpaired) electrons. The van der Waals surface area contributed by atoms with E-state index in [9.17, 15) is 14.4 Å². The lowest BCUT2D eigenvalue weighted by Gasteiger charge is -2.36. The first-order valence-electron chi connectivity index (χ1n) is 39.9. The van der Waals surface area contributed by atoms with Crippen LogP contribution in [0.5, 0.6) is 11.8 Å². The van der Waals surface area contributed by atoms with Crippen molar-refractivity contribution in [2.24, 2.45) is 14.1 Å². The fourth-order valence-corrected chi connectivity index (χ4v) is 15.0. The number of H-pyrrole nitrogens is 3. The van der Waals surface area contributed by atoms with Crippen molar-refractivity contribution in [2.75, 3.05) is 145 Å². The second-order valence-corrected chi connectivity index (χ2v) is 29.5. The first-order valence-corrected chi connectivity index (χ1v) is 39.9. The monoisotopic (exact) mass is 1580 g/mol. The highest BCUT2D eigenvalue weighted by molar-refractivity contribution is 6.08. The number of ether oxygens (including phenoxy) is 2. The van der Waals surface area contributed by atoms with Crippen LogP contribution >= 0.6 is 0 Å². The van der Waals surface area contributed by atoms with Gasteiger partial charge >= 0.3 is 0 Å². The predicted molar refractivity (Wildman–Crippen MR) is 452 cm³/mol. The number of aromatic nitrogens is 18. The second-order valence-electron chi connectivity index (χ2n) is 29.5. The molecule has 12 aromatic rings. The highest BCUT2D eigenvalue weighted by Crippen LogP contribution is 2.38. The maximum atomic E-state index is 13.3. The summed E-state index contributed by atoms with van der Waals surface area (Å²) in [6, 6.07) is 5.22. The van der Waals surface area contributed by atoms with Crippen LogP contribution < -0.4 is 41.4 Å². The number of aromatic amines is 3. The lowest BCUT2D eigenvalue weighted by Crippen LogP contribution is -2.52. The number of rotatable bonds is 26. The van der Waals surface area contributed by atoms with Gasteiger partial charge in [0.2, 0.25) is 35.6 Å². The fourth-order valence-electron chi connectivity index (χ4n) is 15.0. The summed E-state index contributed by atoms with van der Waals surface area (Å²) in [7, 11) is 11.7. The summed E-state index contributed by atoms with van der Waals surface area (Å²) in [5, 5.41) is 35.0. The summed E-state index contributed by atoms with van der Waals surface area (Å²) < 4.78 is 16.3. The zero-order valence-electron chi connectivity index (χ0n) is 69.1. The number of hydrogen-bond acceptors (Lipinski definition) is 26. The summed E-state index contributed by atoms with van der Waals surface area (Å²) in [5.74, 6) is 3.78. The van der Waals surface area contributed by atoms with E-state index in [4.69, 9.17) is 24.4 Å². The molecule has 0 saturated carbocycles. The molecule has 0 aromatic carbocycles. The zero-order chi connectivity index (χ0) is 81.8. The van der Waals surface area contributed by atoms with E-state index in [0.29, 0.717) is 71.6 Å². The van der Waals surface area contributed by atoms with Crippen molar-refractivity contribution in [2.45, 2.75) is 113 Å². The number of methoxy groups -OCH3 is 1. The quantitative estimate of drug-likeness (QED) is 0.0243. The van der Waals surface area contributed by atoms with Gasteiger partial charge in [-0.25, -0.2) is 44.9 Å². The molecule has 15 rings (SSSR count). The topological polar surface area (TPSA) is 378 Å². The Hall–Kier alpha value is -11.9. The molecule has 3 aliphatic heterocycles. The highest BCUT2D eigenvalue weighted by atomic mass is 16.5.